The molecule has 0 aliphatic heterocycles. The average Bonchev–Trinajstić information content (AvgIpc) is 2.21. The van der Waals surface area contributed by atoms with Crippen LogP contribution in [-0.2, 0) is 0 Å². The minimum Gasteiger partial charge on any atom is -0.390 e. The molecule has 0 radical (unpaired) electrons. The van der Waals surface area contributed by atoms with Crippen LogP contribution >= 0.6 is 0 Å². The second-order valence-electron chi connectivity index (χ2n) is 7.94. The highest BCUT2D eigenvalue weighted by molar-refractivity contribution is 5.07. The zero-order valence-corrected chi connectivity index (χ0v) is 12.5. The van der Waals surface area contributed by atoms with Crippen molar-refractivity contribution in [2.45, 2.75) is 72.8 Å². The molecule has 0 aromatic heterocycles. The van der Waals surface area contributed by atoms with E-state index in [0.29, 0.717) is 16.7 Å². The summed E-state index contributed by atoms with van der Waals surface area (Å²) < 4.78 is 0. The maximum atomic E-state index is 10.6. The molecule has 2 aliphatic carbocycles. The molecule has 0 aromatic carbocycles. The Labute approximate surface area is 107 Å². The largest absolute Gasteiger partial charge is 0.390 e. The lowest BCUT2D eigenvalue weighted by molar-refractivity contribution is -0.172. The van der Waals surface area contributed by atoms with E-state index in [9.17, 15) is 5.11 Å². The van der Waals surface area contributed by atoms with E-state index in [1.165, 1.54) is 19.3 Å². The Bertz CT molecular complexity index is 305. The number of fused-ring (bicyclic) bond motifs is 1. The van der Waals surface area contributed by atoms with E-state index in [0.717, 1.165) is 18.3 Å². The van der Waals surface area contributed by atoms with E-state index in [2.05, 4.69) is 34.6 Å². The summed E-state index contributed by atoms with van der Waals surface area (Å²) in [7, 11) is 0. The molecule has 5 atom stereocenters. The van der Waals surface area contributed by atoms with Crippen LogP contribution in [0.1, 0.15) is 67.2 Å². The van der Waals surface area contributed by atoms with E-state index in [-0.39, 0.29) is 0 Å². The van der Waals surface area contributed by atoms with Crippen LogP contribution in [0, 0.1) is 28.6 Å². The van der Waals surface area contributed by atoms with Crippen molar-refractivity contribution in [2.75, 3.05) is 0 Å². The van der Waals surface area contributed by atoms with E-state index in [4.69, 9.17) is 0 Å². The van der Waals surface area contributed by atoms with Crippen molar-refractivity contribution in [2.24, 2.45) is 28.6 Å². The lowest BCUT2D eigenvalue weighted by Gasteiger charge is -2.62. The molecular formula is C16H30O. The van der Waals surface area contributed by atoms with Gasteiger partial charge in [0, 0.05) is 0 Å². The minimum atomic E-state index is -0.456. The van der Waals surface area contributed by atoms with Crippen molar-refractivity contribution in [3.8, 4) is 0 Å². The van der Waals surface area contributed by atoms with Crippen LogP contribution < -0.4 is 0 Å². The number of rotatable bonds is 0. The van der Waals surface area contributed by atoms with Gasteiger partial charge in [-0.25, -0.2) is 0 Å². The molecule has 0 amide bonds. The number of aliphatic hydroxyl groups is 1. The van der Waals surface area contributed by atoms with Crippen molar-refractivity contribution in [3.63, 3.8) is 0 Å². The highest BCUT2D eigenvalue weighted by atomic mass is 16.3. The van der Waals surface area contributed by atoms with Crippen molar-refractivity contribution >= 4 is 0 Å². The average molecular weight is 238 g/mol. The van der Waals surface area contributed by atoms with Crippen LogP contribution in [0.2, 0.25) is 0 Å². The van der Waals surface area contributed by atoms with Gasteiger partial charge < -0.3 is 5.11 Å². The van der Waals surface area contributed by atoms with Crippen LogP contribution in [0.5, 0.6) is 0 Å². The molecule has 2 aliphatic rings. The molecule has 2 saturated carbocycles. The number of hydrogen-bond acceptors (Lipinski definition) is 1. The normalized spacial score (nSPS) is 54.2. The van der Waals surface area contributed by atoms with E-state index in [1.54, 1.807) is 0 Å². The fourth-order valence-corrected chi connectivity index (χ4v) is 4.85. The van der Waals surface area contributed by atoms with Gasteiger partial charge in [0.05, 0.1) is 5.60 Å². The Kier molecular flexibility index (Phi) is 2.94. The summed E-state index contributed by atoms with van der Waals surface area (Å²) in [4.78, 5) is 0. The van der Waals surface area contributed by atoms with Crippen LogP contribution in [-0.4, -0.2) is 10.7 Å². The maximum Gasteiger partial charge on any atom is 0.0650 e. The first-order valence-corrected chi connectivity index (χ1v) is 7.35. The van der Waals surface area contributed by atoms with Crippen LogP contribution in [0.3, 0.4) is 0 Å². The Morgan fingerprint density at radius 2 is 1.53 bits per heavy atom. The zero-order chi connectivity index (χ0) is 13.1. The van der Waals surface area contributed by atoms with Crippen LogP contribution in [0.25, 0.3) is 0 Å². The van der Waals surface area contributed by atoms with Crippen molar-refractivity contribution < 1.29 is 5.11 Å². The van der Waals surface area contributed by atoms with Crippen LogP contribution in [0.15, 0.2) is 0 Å². The third kappa shape index (κ3) is 1.77. The molecule has 0 aromatic rings. The van der Waals surface area contributed by atoms with Crippen molar-refractivity contribution in [1.82, 2.24) is 0 Å². The van der Waals surface area contributed by atoms with Gasteiger partial charge in [0.25, 0.3) is 0 Å². The Morgan fingerprint density at radius 1 is 0.941 bits per heavy atom. The van der Waals surface area contributed by atoms with E-state index in [1.807, 2.05) is 6.92 Å². The molecular weight excluding hydrogens is 208 g/mol. The molecule has 5 unspecified atom stereocenters. The topological polar surface area (TPSA) is 20.2 Å². The standard InChI is InChI=1S/C16H30O/c1-11-7-9-15(5)12(2)16(6,17)10-8-13(15)14(11,3)4/h11-13,17H,7-10H2,1-6H3. The number of hydrogen-bond donors (Lipinski definition) is 1. The Hall–Kier alpha value is -0.0400. The summed E-state index contributed by atoms with van der Waals surface area (Å²) >= 11 is 0. The van der Waals surface area contributed by atoms with E-state index < -0.39 is 5.60 Å². The Morgan fingerprint density at radius 3 is 2.12 bits per heavy atom. The Balaban J connectivity index is 2.37. The molecule has 1 nitrogen and oxygen atoms in total. The second kappa shape index (κ2) is 3.73. The van der Waals surface area contributed by atoms with Gasteiger partial charge in [0.15, 0.2) is 0 Å². The molecule has 100 valence electrons. The van der Waals surface area contributed by atoms with Gasteiger partial charge in [0.2, 0.25) is 0 Å². The van der Waals surface area contributed by atoms with Gasteiger partial charge in [0.1, 0.15) is 0 Å². The lowest BCUT2D eigenvalue weighted by atomic mass is 9.44. The highest BCUT2D eigenvalue weighted by Crippen LogP contribution is 2.63. The van der Waals surface area contributed by atoms with Gasteiger partial charge in [-0.1, -0.05) is 34.6 Å². The molecule has 0 heterocycles. The van der Waals surface area contributed by atoms with Crippen molar-refractivity contribution in [3.05, 3.63) is 0 Å². The van der Waals surface area contributed by atoms with Gasteiger partial charge >= 0.3 is 0 Å². The molecule has 17 heavy (non-hydrogen) atoms. The van der Waals surface area contributed by atoms with Gasteiger partial charge in [-0.05, 0) is 61.2 Å². The fraction of sp³-hybridized carbons (Fsp3) is 1.00. The predicted octanol–water partition coefficient (Wildman–Crippen LogP) is 4.25. The summed E-state index contributed by atoms with van der Waals surface area (Å²) in [6.07, 6.45) is 4.79. The SMILES string of the molecule is CC1CCC2(C)C(C)C(C)(O)CCC2C1(C)C. The van der Waals surface area contributed by atoms with Crippen LogP contribution in [0.4, 0.5) is 0 Å². The summed E-state index contributed by atoms with van der Waals surface area (Å²) in [6, 6.07) is 0. The summed E-state index contributed by atoms with van der Waals surface area (Å²) in [5, 5.41) is 10.6. The molecule has 0 bridgehead atoms. The highest BCUT2D eigenvalue weighted by Gasteiger charge is 2.57. The molecule has 1 heteroatoms. The third-order valence-electron chi connectivity index (χ3n) is 6.94. The smallest absolute Gasteiger partial charge is 0.0650 e. The van der Waals surface area contributed by atoms with Gasteiger partial charge in [-0.2, -0.15) is 0 Å². The van der Waals surface area contributed by atoms with Gasteiger partial charge in [-0.15, -0.1) is 0 Å². The lowest BCUT2D eigenvalue weighted by Crippen LogP contribution is -2.58. The zero-order valence-electron chi connectivity index (χ0n) is 12.5. The fourth-order valence-electron chi connectivity index (χ4n) is 4.85. The molecule has 0 saturated heterocycles. The first-order chi connectivity index (χ1) is 7.62. The first kappa shape index (κ1) is 13.4. The van der Waals surface area contributed by atoms with Crippen molar-refractivity contribution in [1.29, 1.82) is 0 Å². The first-order valence-electron chi connectivity index (χ1n) is 7.35. The molecule has 1 N–H and O–H groups in total. The molecule has 2 fully saturated rings. The maximum absolute atomic E-state index is 10.6. The molecule has 2 rings (SSSR count). The predicted molar refractivity (Wildman–Crippen MR) is 72.8 cm³/mol. The van der Waals surface area contributed by atoms with Gasteiger partial charge in [-0.3, -0.25) is 0 Å². The quantitative estimate of drug-likeness (QED) is 0.669. The minimum absolute atomic E-state index is 0.331. The second-order valence-corrected chi connectivity index (χ2v) is 7.94. The monoisotopic (exact) mass is 238 g/mol. The molecule has 0 spiro atoms. The summed E-state index contributed by atoms with van der Waals surface area (Å²) in [6.45, 7) is 14.1. The summed E-state index contributed by atoms with van der Waals surface area (Å²) in [5.41, 5.74) is 0.303. The third-order valence-corrected chi connectivity index (χ3v) is 6.94. The van der Waals surface area contributed by atoms with E-state index >= 15 is 0 Å². The summed E-state index contributed by atoms with van der Waals surface area (Å²) in [5.74, 6) is 2.00.